The van der Waals surface area contributed by atoms with Gasteiger partial charge in [0.05, 0.1) is 19.8 Å². The molecule has 0 spiro atoms. The SMILES string of the molecule is COC(=O)C=C(C(=O)OC)c1ccccc1N1CCCC1. The minimum absolute atomic E-state index is 0.215. The first kappa shape index (κ1) is 15.1. The van der Waals surface area contributed by atoms with Crippen LogP contribution in [0, 0.1) is 0 Å². The third-order valence-electron chi connectivity index (χ3n) is 3.51. The maximum atomic E-state index is 12.0. The van der Waals surface area contributed by atoms with Gasteiger partial charge in [-0.05, 0) is 18.9 Å². The lowest BCUT2D eigenvalue weighted by atomic mass is 10.0. The van der Waals surface area contributed by atoms with Crippen molar-refractivity contribution in [3.05, 3.63) is 35.9 Å². The highest BCUT2D eigenvalue weighted by Gasteiger charge is 2.22. The lowest BCUT2D eigenvalue weighted by molar-refractivity contribution is -0.136. The summed E-state index contributed by atoms with van der Waals surface area (Å²) in [6.07, 6.45) is 3.44. The molecule has 1 aliphatic rings. The van der Waals surface area contributed by atoms with Gasteiger partial charge in [0.1, 0.15) is 0 Å². The number of carbonyl (C=O) groups is 2. The van der Waals surface area contributed by atoms with Crippen LogP contribution in [0.15, 0.2) is 30.3 Å². The molecule has 0 radical (unpaired) electrons. The van der Waals surface area contributed by atoms with E-state index in [4.69, 9.17) is 4.74 Å². The van der Waals surface area contributed by atoms with Crippen LogP contribution in [0.3, 0.4) is 0 Å². The molecule has 1 saturated heterocycles. The smallest absolute Gasteiger partial charge is 0.338 e. The molecule has 0 atom stereocenters. The number of esters is 2. The van der Waals surface area contributed by atoms with Gasteiger partial charge >= 0.3 is 11.9 Å². The summed E-state index contributed by atoms with van der Waals surface area (Å²) < 4.78 is 9.42. The van der Waals surface area contributed by atoms with Crippen LogP contribution >= 0.6 is 0 Å². The number of hydrogen-bond donors (Lipinski definition) is 0. The first-order valence-corrected chi connectivity index (χ1v) is 6.89. The van der Waals surface area contributed by atoms with E-state index in [9.17, 15) is 9.59 Å². The number of para-hydroxylation sites is 1. The Balaban J connectivity index is 2.47. The van der Waals surface area contributed by atoms with Crippen molar-refractivity contribution >= 4 is 23.2 Å². The molecule has 0 aliphatic carbocycles. The number of nitrogens with zero attached hydrogens (tertiary/aromatic N) is 1. The molecule has 0 N–H and O–H groups in total. The second-order valence-electron chi connectivity index (χ2n) is 4.78. The summed E-state index contributed by atoms with van der Waals surface area (Å²) in [5, 5.41) is 0. The van der Waals surface area contributed by atoms with E-state index < -0.39 is 11.9 Å². The normalized spacial score (nSPS) is 15.0. The Morgan fingerprint density at radius 2 is 1.76 bits per heavy atom. The Hall–Kier alpha value is -2.30. The molecule has 0 bridgehead atoms. The van der Waals surface area contributed by atoms with Gasteiger partial charge in [-0.15, -0.1) is 0 Å². The van der Waals surface area contributed by atoms with Gasteiger partial charge in [-0.2, -0.15) is 0 Å². The van der Waals surface area contributed by atoms with E-state index >= 15 is 0 Å². The number of methoxy groups -OCH3 is 2. The van der Waals surface area contributed by atoms with Crippen LogP contribution in [0.5, 0.6) is 0 Å². The molecule has 5 nitrogen and oxygen atoms in total. The van der Waals surface area contributed by atoms with Crippen LogP contribution in [-0.4, -0.2) is 39.2 Å². The van der Waals surface area contributed by atoms with Gasteiger partial charge in [-0.1, -0.05) is 18.2 Å². The molecule has 0 saturated carbocycles. The zero-order valence-electron chi connectivity index (χ0n) is 12.3. The third-order valence-corrected chi connectivity index (χ3v) is 3.51. The van der Waals surface area contributed by atoms with Gasteiger partial charge in [0.2, 0.25) is 0 Å². The topological polar surface area (TPSA) is 55.8 Å². The first-order chi connectivity index (χ1) is 10.2. The minimum Gasteiger partial charge on any atom is -0.466 e. The summed E-state index contributed by atoms with van der Waals surface area (Å²) in [4.78, 5) is 25.8. The summed E-state index contributed by atoms with van der Waals surface area (Å²) in [6, 6.07) is 7.53. The number of carbonyl (C=O) groups excluding carboxylic acids is 2. The van der Waals surface area contributed by atoms with Crippen molar-refractivity contribution in [2.45, 2.75) is 12.8 Å². The lowest BCUT2D eigenvalue weighted by Gasteiger charge is -2.21. The molecule has 5 heteroatoms. The quantitative estimate of drug-likeness (QED) is 0.627. The van der Waals surface area contributed by atoms with Gasteiger partial charge in [0.15, 0.2) is 0 Å². The molecule has 0 unspecified atom stereocenters. The average Bonchev–Trinajstić information content (AvgIpc) is 3.06. The van der Waals surface area contributed by atoms with Crippen molar-refractivity contribution in [1.82, 2.24) is 0 Å². The Labute approximate surface area is 124 Å². The third kappa shape index (κ3) is 3.42. The van der Waals surface area contributed by atoms with E-state index in [-0.39, 0.29) is 5.57 Å². The highest BCUT2D eigenvalue weighted by molar-refractivity contribution is 6.21. The standard InChI is InChI=1S/C16H19NO4/c1-20-15(18)11-13(16(19)21-2)12-7-3-4-8-14(12)17-9-5-6-10-17/h3-4,7-8,11H,5-6,9-10H2,1-2H3. The monoisotopic (exact) mass is 289 g/mol. The minimum atomic E-state index is -0.577. The van der Waals surface area contributed by atoms with Crippen LogP contribution in [0.1, 0.15) is 18.4 Å². The average molecular weight is 289 g/mol. The predicted molar refractivity (Wildman–Crippen MR) is 79.9 cm³/mol. The van der Waals surface area contributed by atoms with Gasteiger partial charge < -0.3 is 14.4 Å². The van der Waals surface area contributed by atoms with E-state index in [2.05, 4.69) is 9.64 Å². The summed E-state index contributed by atoms with van der Waals surface area (Å²) in [5.41, 5.74) is 1.85. The zero-order chi connectivity index (χ0) is 15.2. The van der Waals surface area contributed by atoms with Crippen LogP contribution in [0.2, 0.25) is 0 Å². The maximum absolute atomic E-state index is 12.0. The fourth-order valence-electron chi connectivity index (χ4n) is 2.47. The van der Waals surface area contributed by atoms with Crippen molar-refractivity contribution in [2.24, 2.45) is 0 Å². The number of anilines is 1. The molecular formula is C16H19NO4. The number of ether oxygens (including phenoxy) is 2. The van der Waals surface area contributed by atoms with E-state index in [0.717, 1.165) is 31.6 Å². The van der Waals surface area contributed by atoms with E-state index in [1.807, 2.05) is 24.3 Å². The van der Waals surface area contributed by atoms with Gasteiger partial charge in [0, 0.05) is 30.4 Å². The summed E-state index contributed by atoms with van der Waals surface area (Å²) in [6.45, 7) is 1.90. The van der Waals surface area contributed by atoms with Gasteiger partial charge in [0.25, 0.3) is 0 Å². The Morgan fingerprint density at radius 3 is 2.38 bits per heavy atom. The van der Waals surface area contributed by atoms with Gasteiger partial charge in [-0.25, -0.2) is 9.59 Å². The molecule has 0 amide bonds. The first-order valence-electron chi connectivity index (χ1n) is 6.89. The van der Waals surface area contributed by atoms with Crippen molar-refractivity contribution < 1.29 is 19.1 Å². The van der Waals surface area contributed by atoms with Crippen LogP contribution in [0.4, 0.5) is 5.69 Å². The Kier molecular flexibility index (Phi) is 4.98. The fraction of sp³-hybridized carbons (Fsp3) is 0.375. The molecule has 21 heavy (non-hydrogen) atoms. The fourth-order valence-corrected chi connectivity index (χ4v) is 2.47. The van der Waals surface area contributed by atoms with Crippen LogP contribution < -0.4 is 4.90 Å². The molecular weight excluding hydrogens is 270 g/mol. The second-order valence-corrected chi connectivity index (χ2v) is 4.78. The number of hydrogen-bond acceptors (Lipinski definition) is 5. The molecule has 1 heterocycles. The van der Waals surface area contributed by atoms with E-state index in [1.165, 1.54) is 20.3 Å². The summed E-state index contributed by atoms with van der Waals surface area (Å²) in [5.74, 6) is -1.13. The molecule has 112 valence electrons. The molecule has 0 aromatic heterocycles. The van der Waals surface area contributed by atoms with Crippen molar-refractivity contribution in [3.8, 4) is 0 Å². The number of rotatable bonds is 4. The highest BCUT2D eigenvalue weighted by atomic mass is 16.5. The van der Waals surface area contributed by atoms with Crippen molar-refractivity contribution in [2.75, 3.05) is 32.2 Å². The van der Waals surface area contributed by atoms with Crippen molar-refractivity contribution in [3.63, 3.8) is 0 Å². The zero-order valence-corrected chi connectivity index (χ0v) is 12.3. The molecule has 2 rings (SSSR count). The summed E-state index contributed by atoms with van der Waals surface area (Å²) >= 11 is 0. The van der Waals surface area contributed by atoms with Crippen LogP contribution in [-0.2, 0) is 19.1 Å². The number of benzene rings is 1. The Morgan fingerprint density at radius 1 is 1.10 bits per heavy atom. The van der Waals surface area contributed by atoms with Crippen molar-refractivity contribution in [1.29, 1.82) is 0 Å². The highest BCUT2D eigenvalue weighted by Crippen LogP contribution is 2.30. The molecule has 1 aliphatic heterocycles. The second kappa shape index (κ2) is 6.92. The Bertz CT molecular complexity index is 559. The molecule has 1 aromatic rings. The van der Waals surface area contributed by atoms with Crippen LogP contribution in [0.25, 0.3) is 5.57 Å². The van der Waals surface area contributed by atoms with Gasteiger partial charge in [-0.3, -0.25) is 0 Å². The largest absolute Gasteiger partial charge is 0.466 e. The van der Waals surface area contributed by atoms with E-state index in [1.54, 1.807) is 0 Å². The lowest BCUT2D eigenvalue weighted by Crippen LogP contribution is -2.20. The maximum Gasteiger partial charge on any atom is 0.338 e. The van der Waals surface area contributed by atoms with E-state index in [0.29, 0.717) is 5.56 Å². The molecule has 1 aromatic carbocycles. The summed E-state index contributed by atoms with van der Waals surface area (Å²) in [7, 11) is 2.58. The molecule has 1 fully saturated rings. The predicted octanol–water partition coefficient (Wildman–Crippen LogP) is 2.02.